The van der Waals surface area contributed by atoms with Gasteiger partial charge in [0.2, 0.25) is 0 Å². The molecular formula is C20H22N4OS. The molecule has 1 atom stereocenters. The highest BCUT2D eigenvalue weighted by Gasteiger charge is 2.11. The molecule has 2 aromatic heterocycles. The lowest BCUT2D eigenvalue weighted by molar-refractivity contribution is 0.0940. The summed E-state index contributed by atoms with van der Waals surface area (Å²) in [5.41, 5.74) is 2.77. The Morgan fingerprint density at radius 3 is 2.62 bits per heavy atom. The zero-order valence-corrected chi connectivity index (χ0v) is 16.0. The predicted molar refractivity (Wildman–Crippen MR) is 107 cm³/mol. The van der Waals surface area contributed by atoms with Gasteiger partial charge < -0.3 is 10.2 Å². The molecule has 5 nitrogen and oxygen atoms in total. The van der Waals surface area contributed by atoms with Crippen LogP contribution in [0.25, 0.3) is 11.4 Å². The Morgan fingerprint density at radius 2 is 1.96 bits per heavy atom. The Labute approximate surface area is 157 Å². The van der Waals surface area contributed by atoms with E-state index in [-0.39, 0.29) is 11.9 Å². The number of nitrogens with one attached hydrogen (secondary N) is 1. The predicted octanol–water partition coefficient (Wildman–Crippen LogP) is 3.63. The van der Waals surface area contributed by atoms with Crippen LogP contribution >= 0.6 is 11.3 Å². The number of rotatable bonds is 6. The van der Waals surface area contributed by atoms with Gasteiger partial charge in [0, 0.05) is 37.5 Å². The lowest BCUT2D eigenvalue weighted by Crippen LogP contribution is -2.33. The molecular weight excluding hydrogens is 344 g/mol. The van der Waals surface area contributed by atoms with Gasteiger partial charge in [-0.1, -0.05) is 12.1 Å². The summed E-state index contributed by atoms with van der Waals surface area (Å²) >= 11 is 1.67. The molecule has 0 aliphatic heterocycles. The molecule has 0 radical (unpaired) electrons. The van der Waals surface area contributed by atoms with E-state index in [0.29, 0.717) is 11.4 Å². The summed E-state index contributed by atoms with van der Waals surface area (Å²) in [5.74, 6) is 1.43. The number of hydrogen-bond donors (Lipinski definition) is 1. The van der Waals surface area contributed by atoms with E-state index in [9.17, 15) is 4.79 Å². The van der Waals surface area contributed by atoms with E-state index in [1.165, 1.54) is 5.56 Å². The number of nitrogens with zero attached hydrogens (tertiary/aromatic N) is 3. The molecule has 134 valence electrons. The molecule has 0 saturated carbocycles. The van der Waals surface area contributed by atoms with Crippen molar-refractivity contribution in [1.29, 1.82) is 0 Å². The fraction of sp³-hybridized carbons (Fsp3) is 0.250. The van der Waals surface area contributed by atoms with E-state index in [4.69, 9.17) is 0 Å². The number of amides is 1. The van der Waals surface area contributed by atoms with Crippen molar-refractivity contribution in [2.45, 2.75) is 19.4 Å². The molecule has 0 saturated heterocycles. The van der Waals surface area contributed by atoms with Crippen LogP contribution in [-0.4, -0.2) is 36.0 Å². The molecule has 1 aromatic carbocycles. The third kappa shape index (κ3) is 4.46. The van der Waals surface area contributed by atoms with Crippen LogP contribution in [0.5, 0.6) is 0 Å². The molecule has 1 amide bonds. The summed E-state index contributed by atoms with van der Waals surface area (Å²) in [4.78, 5) is 23.2. The largest absolute Gasteiger partial charge is 0.363 e. The van der Waals surface area contributed by atoms with Crippen LogP contribution in [0.1, 0.15) is 22.8 Å². The Kier molecular flexibility index (Phi) is 5.63. The molecule has 0 aliphatic carbocycles. The van der Waals surface area contributed by atoms with Crippen LogP contribution in [0.4, 0.5) is 5.82 Å². The average Bonchev–Trinajstić information content (AvgIpc) is 3.14. The van der Waals surface area contributed by atoms with Gasteiger partial charge in [-0.25, -0.2) is 9.97 Å². The zero-order valence-electron chi connectivity index (χ0n) is 15.1. The maximum Gasteiger partial charge on any atom is 0.251 e. The lowest BCUT2D eigenvalue weighted by Gasteiger charge is -2.14. The maximum atomic E-state index is 12.4. The van der Waals surface area contributed by atoms with Crippen LogP contribution in [0.15, 0.2) is 53.4 Å². The second-order valence-electron chi connectivity index (χ2n) is 6.42. The van der Waals surface area contributed by atoms with Crippen molar-refractivity contribution in [2.24, 2.45) is 0 Å². The highest BCUT2D eigenvalue weighted by molar-refractivity contribution is 7.07. The van der Waals surface area contributed by atoms with Gasteiger partial charge >= 0.3 is 0 Å². The van der Waals surface area contributed by atoms with Gasteiger partial charge in [0.1, 0.15) is 5.82 Å². The van der Waals surface area contributed by atoms with Crippen LogP contribution in [0.2, 0.25) is 0 Å². The number of anilines is 1. The van der Waals surface area contributed by atoms with Gasteiger partial charge in [-0.2, -0.15) is 11.3 Å². The fourth-order valence-electron chi connectivity index (χ4n) is 2.63. The number of benzene rings is 1. The first kappa shape index (κ1) is 18.1. The molecule has 0 spiro atoms. The second-order valence-corrected chi connectivity index (χ2v) is 7.20. The van der Waals surface area contributed by atoms with Gasteiger partial charge in [-0.3, -0.25) is 4.79 Å². The quantitative estimate of drug-likeness (QED) is 0.724. The van der Waals surface area contributed by atoms with E-state index < -0.39 is 0 Å². The molecule has 6 heteroatoms. The minimum absolute atomic E-state index is 0.0674. The van der Waals surface area contributed by atoms with E-state index in [2.05, 4.69) is 32.1 Å². The minimum Gasteiger partial charge on any atom is -0.363 e. The Balaban J connectivity index is 1.67. The molecule has 0 aliphatic rings. The average molecular weight is 366 g/mol. The van der Waals surface area contributed by atoms with Crippen LogP contribution < -0.4 is 10.2 Å². The number of aromatic nitrogens is 2. The van der Waals surface area contributed by atoms with Crippen LogP contribution in [-0.2, 0) is 6.42 Å². The summed E-state index contributed by atoms with van der Waals surface area (Å²) in [7, 11) is 3.88. The molecule has 2 heterocycles. The normalized spacial score (nSPS) is 11.8. The summed E-state index contributed by atoms with van der Waals surface area (Å²) in [6, 6.07) is 11.4. The monoisotopic (exact) mass is 366 g/mol. The lowest BCUT2D eigenvalue weighted by atomic mass is 10.1. The van der Waals surface area contributed by atoms with Crippen LogP contribution in [0, 0.1) is 0 Å². The second kappa shape index (κ2) is 8.10. The highest BCUT2D eigenvalue weighted by Crippen LogP contribution is 2.18. The van der Waals surface area contributed by atoms with Gasteiger partial charge in [-0.05, 0) is 53.9 Å². The fourth-order valence-corrected chi connectivity index (χ4v) is 3.31. The molecule has 0 unspecified atom stereocenters. The summed E-state index contributed by atoms with van der Waals surface area (Å²) in [5, 5.41) is 7.21. The van der Waals surface area contributed by atoms with E-state index in [1.54, 1.807) is 17.5 Å². The van der Waals surface area contributed by atoms with Crippen molar-refractivity contribution >= 4 is 23.1 Å². The first-order valence-electron chi connectivity index (χ1n) is 8.45. The Morgan fingerprint density at radius 1 is 1.19 bits per heavy atom. The van der Waals surface area contributed by atoms with Crippen molar-refractivity contribution in [3.05, 3.63) is 64.5 Å². The first-order valence-corrected chi connectivity index (χ1v) is 9.40. The van der Waals surface area contributed by atoms with E-state index in [0.717, 1.165) is 17.8 Å². The molecule has 26 heavy (non-hydrogen) atoms. The third-order valence-corrected chi connectivity index (χ3v) is 4.74. The summed E-state index contributed by atoms with van der Waals surface area (Å²) in [6.45, 7) is 2.02. The highest BCUT2D eigenvalue weighted by atomic mass is 32.1. The Hall–Kier alpha value is -2.73. The van der Waals surface area contributed by atoms with E-state index in [1.807, 2.05) is 56.3 Å². The molecule has 1 N–H and O–H groups in total. The molecule has 3 rings (SSSR count). The van der Waals surface area contributed by atoms with Crippen molar-refractivity contribution in [2.75, 3.05) is 19.0 Å². The smallest absolute Gasteiger partial charge is 0.251 e. The number of carbonyl (C=O) groups excluding carboxylic acids is 1. The van der Waals surface area contributed by atoms with Gasteiger partial charge in [0.25, 0.3) is 5.91 Å². The number of hydrogen-bond acceptors (Lipinski definition) is 5. The number of carbonyl (C=O) groups is 1. The summed E-state index contributed by atoms with van der Waals surface area (Å²) < 4.78 is 0. The first-order chi connectivity index (χ1) is 12.5. The number of thiophene rings is 1. The minimum atomic E-state index is -0.0674. The Bertz CT molecular complexity index is 860. The van der Waals surface area contributed by atoms with Crippen molar-refractivity contribution in [1.82, 2.24) is 15.3 Å². The van der Waals surface area contributed by atoms with Crippen LogP contribution in [0.3, 0.4) is 0 Å². The molecule has 0 fully saturated rings. The molecule has 0 bridgehead atoms. The third-order valence-electron chi connectivity index (χ3n) is 4.00. The SMILES string of the molecule is C[C@H](Cc1ccsc1)NC(=O)c1ccc(-c2nccc(N(C)C)n2)cc1. The van der Waals surface area contributed by atoms with Gasteiger partial charge in [-0.15, -0.1) is 0 Å². The van der Waals surface area contributed by atoms with Gasteiger partial charge in [0.15, 0.2) is 5.82 Å². The van der Waals surface area contributed by atoms with Crippen molar-refractivity contribution in [3.8, 4) is 11.4 Å². The van der Waals surface area contributed by atoms with E-state index >= 15 is 0 Å². The van der Waals surface area contributed by atoms with Crippen molar-refractivity contribution < 1.29 is 4.79 Å². The standard InChI is InChI=1S/C20H22N4OS/c1-14(12-15-9-11-26-13-15)22-20(25)17-6-4-16(5-7-17)19-21-10-8-18(23-19)24(2)3/h4-11,13-14H,12H2,1-3H3,(H,22,25)/t14-/m1/s1. The topological polar surface area (TPSA) is 58.1 Å². The summed E-state index contributed by atoms with van der Waals surface area (Å²) in [6.07, 6.45) is 2.57. The van der Waals surface area contributed by atoms with Crippen molar-refractivity contribution in [3.63, 3.8) is 0 Å². The zero-order chi connectivity index (χ0) is 18.5. The van der Waals surface area contributed by atoms with Gasteiger partial charge in [0.05, 0.1) is 0 Å². The molecule has 3 aromatic rings. The maximum absolute atomic E-state index is 12.4.